The highest BCUT2D eigenvalue weighted by Crippen LogP contribution is 2.36. The van der Waals surface area contributed by atoms with Crippen LogP contribution in [0.5, 0.6) is 0 Å². The Morgan fingerprint density at radius 1 is 1.19 bits per heavy atom. The molecule has 21 heavy (non-hydrogen) atoms. The van der Waals surface area contributed by atoms with Gasteiger partial charge in [-0.15, -0.1) is 11.6 Å². The number of rotatable bonds is 2. The summed E-state index contributed by atoms with van der Waals surface area (Å²) >= 11 is 18.8. The van der Waals surface area contributed by atoms with Crippen LogP contribution in [0.3, 0.4) is 0 Å². The minimum atomic E-state index is -0.480. The molecule has 0 N–H and O–H groups in total. The predicted octanol–water partition coefficient (Wildman–Crippen LogP) is 4.77. The van der Waals surface area contributed by atoms with Crippen molar-refractivity contribution in [2.75, 3.05) is 0 Å². The lowest BCUT2D eigenvalue weighted by molar-refractivity contribution is 0.528. The minimum absolute atomic E-state index is 0.438. The summed E-state index contributed by atoms with van der Waals surface area (Å²) in [6.45, 7) is 0. The van der Waals surface area contributed by atoms with Gasteiger partial charge in [-0.1, -0.05) is 35.3 Å². The van der Waals surface area contributed by atoms with Crippen LogP contribution in [0.25, 0.3) is 11.1 Å². The second kappa shape index (κ2) is 5.41. The molecule has 0 aliphatic heterocycles. The van der Waals surface area contributed by atoms with E-state index in [2.05, 4.69) is 0 Å². The second-order valence-corrected chi connectivity index (χ2v) is 5.97. The molecule has 2 aromatic carbocycles. The third-order valence-corrected chi connectivity index (χ3v) is 4.37. The maximum absolute atomic E-state index is 11.5. The molecule has 0 radical (unpaired) electrons. The van der Waals surface area contributed by atoms with Crippen molar-refractivity contribution in [2.45, 2.75) is 5.38 Å². The largest absolute Gasteiger partial charge is 0.419 e. The average Bonchev–Trinajstić information content (AvgIpc) is 2.73. The number of alkyl halides is 1. The van der Waals surface area contributed by atoms with Crippen molar-refractivity contribution in [1.29, 1.82) is 0 Å². The number of hydrogen-bond acceptors (Lipinski definition) is 2. The summed E-state index contributed by atoms with van der Waals surface area (Å²) in [5, 5.41) is 0.589. The molecule has 6 heteroatoms. The molecule has 0 aliphatic rings. The van der Waals surface area contributed by atoms with E-state index in [0.717, 1.165) is 5.56 Å². The Morgan fingerprint density at radius 3 is 2.67 bits per heavy atom. The van der Waals surface area contributed by atoms with Gasteiger partial charge in [-0.05, 0) is 35.4 Å². The molecule has 3 aromatic rings. The Bertz CT molecular complexity index is 882. The molecule has 3 rings (SSSR count). The molecule has 0 aliphatic carbocycles. The maximum Gasteiger partial charge on any atom is 0.419 e. The summed E-state index contributed by atoms with van der Waals surface area (Å²) < 4.78 is 6.56. The maximum atomic E-state index is 11.5. The average molecular weight is 343 g/mol. The highest BCUT2D eigenvalue weighted by Gasteiger charge is 2.18. The number of benzene rings is 2. The van der Waals surface area contributed by atoms with Crippen LogP contribution in [-0.4, -0.2) is 4.57 Å². The highest BCUT2D eigenvalue weighted by molar-refractivity contribution is 6.34. The number of hydrogen-bond donors (Lipinski definition) is 0. The number of halogens is 3. The van der Waals surface area contributed by atoms with Crippen LogP contribution in [0.15, 0.2) is 45.6 Å². The summed E-state index contributed by atoms with van der Waals surface area (Å²) in [7, 11) is 1.62. The Hall–Kier alpha value is -1.42. The first kappa shape index (κ1) is 14.5. The summed E-state index contributed by atoms with van der Waals surface area (Å²) in [5.41, 5.74) is 2.57. The molecule has 1 aromatic heterocycles. The van der Waals surface area contributed by atoms with Crippen LogP contribution in [-0.2, 0) is 7.05 Å². The lowest BCUT2D eigenvalue weighted by Gasteiger charge is -2.12. The van der Waals surface area contributed by atoms with Crippen molar-refractivity contribution >= 4 is 45.9 Å². The smallest absolute Gasteiger partial charge is 0.408 e. The zero-order valence-corrected chi connectivity index (χ0v) is 13.2. The van der Waals surface area contributed by atoms with E-state index in [1.807, 2.05) is 12.1 Å². The van der Waals surface area contributed by atoms with Crippen LogP contribution in [0, 0.1) is 0 Å². The fraction of sp³-hybridized carbons (Fsp3) is 0.133. The zero-order valence-electron chi connectivity index (χ0n) is 10.9. The molecule has 3 nitrogen and oxygen atoms in total. The van der Waals surface area contributed by atoms with Crippen molar-refractivity contribution in [3.63, 3.8) is 0 Å². The van der Waals surface area contributed by atoms with E-state index in [0.29, 0.717) is 26.7 Å². The van der Waals surface area contributed by atoms with Gasteiger partial charge in [0.1, 0.15) is 0 Å². The molecule has 0 bridgehead atoms. The van der Waals surface area contributed by atoms with Crippen LogP contribution in [0.4, 0.5) is 0 Å². The Labute approximate surface area is 135 Å². The summed E-state index contributed by atoms with van der Waals surface area (Å²) in [5.74, 6) is -0.438. The third-order valence-electron chi connectivity index (χ3n) is 3.33. The molecule has 0 spiro atoms. The predicted molar refractivity (Wildman–Crippen MR) is 85.6 cm³/mol. The van der Waals surface area contributed by atoms with E-state index in [-0.39, 0.29) is 0 Å². The van der Waals surface area contributed by atoms with E-state index in [4.69, 9.17) is 39.2 Å². The van der Waals surface area contributed by atoms with E-state index >= 15 is 0 Å². The number of nitrogens with zero attached hydrogens (tertiary/aromatic N) is 1. The molecule has 0 saturated heterocycles. The van der Waals surface area contributed by atoms with Crippen molar-refractivity contribution in [1.82, 2.24) is 4.57 Å². The quantitative estimate of drug-likeness (QED) is 0.629. The molecule has 1 atom stereocenters. The minimum Gasteiger partial charge on any atom is -0.408 e. The van der Waals surface area contributed by atoms with Gasteiger partial charge in [-0.3, -0.25) is 4.57 Å². The van der Waals surface area contributed by atoms with Crippen molar-refractivity contribution in [3.05, 3.63) is 68.1 Å². The van der Waals surface area contributed by atoms with Crippen molar-refractivity contribution in [2.24, 2.45) is 7.05 Å². The van der Waals surface area contributed by atoms with E-state index < -0.39 is 11.1 Å². The van der Waals surface area contributed by atoms with Gasteiger partial charge in [-0.2, -0.15) is 0 Å². The first-order chi connectivity index (χ1) is 9.97. The standard InChI is InChI=1S/C15H10Cl3NO2/c1-19-12-7-11(17)10(6-13(12)21-15(19)20)14(18)8-3-2-4-9(16)5-8/h2-7,14H,1H3. The SMILES string of the molecule is Cn1c(=O)oc2cc(C(Cl)c3cccc(Cl)c3)c(Cl)cc21. The zero-order chi connectivity index (χ0) is 15.1. The number of aryl methyl sites for hydroxylation is 1. The van der Waals surface area contributed by atoms with Gasteiger partial charge in [0.25, 0.3) is 0 Å². The van der Waals surface area contributed by atoms with Crippen molar-refractivity contribution < 1.29 is 4.42 Å². The van der Waals surface area contributed by atoms with Gasteiger partial charge >= 0.3 is 5.76 Å². The Kier molecular flexibility index (Phi) is 3.74. The summed E-state index contributed by atoms with van der Waals surface area (Å²) in [6.07, 6.45) is 0. The summed E-state index contributed by atoms with van der Waals surface area (Å²) in [6, 6.07) is 10.6. The van der Waals surface area contributed by atoms with Gasteiger partial charge in [0, 0.05) is 17.1 Å². The number of fused-ring (bicyclic) bond motifs is 1. The summed E-state index contributed by atoms with van der Waals surface area (Å²) in [4.78, 5) is 11.5. The molecule has 1 heterocycles. The molecule has 0 fully saturated rings. The Morgan fingerprint density at radius 2 is 1.95 bits per heavy atom. The Balaban J connectivity index is 2.16. The van der Waals surface area contributed by atoms with Gasteiger partial charge < -0.3 is 4.42 Å². The van der Waals surface area contributed by atoms with Gasteiger partial charge in [0.2, 0.25) is 0 Å². The second-order valence-electron chi connectivity index (χ2n) is 4.69. The number of oxazole rings is 1. The molecule has 0 amide bonds. The highest BCUT2D eigenvalue weighted by atomic mass is 35.5. The van der Waals surface area contributed by atoms with Crippen LogP contribution in [0.1, 0.15) is 16.5 Å². The first-order valence-electron chi connectivity index (χ1n) is 6.16. The van der Waals surface area contributed by atoms with Crippen molar-refractivity contribution in [3.8, 4) is 0 Å². The normalized spacial score (nSPS) is 12.8. The molecule has 0 saturated carbocycles. The lowest BCUT2D eigenvalue weighted by atomic mass is 10.0. The first-order valence-corrected chi connectivity index (χ1v) is 7.35. The van der Waals surface area contributed by atoms with Crippen LogP contribution >= 0.6 is 34.8 Å². The molecule has 108 valence electrons. The molecular formula is C15H10Cl3NO2. The van der Waals surface area contributed by atoms with Crippen LogP contribution in [0.2, 0.25) is 10.0 Å². The van der Waals surface area contributed by atoms with Crippen LogP contribution < -0.4 is 5.76 Å². The van der Waals surface area contributed by atoms with E-state index in [1.54, 1.807) is 31.3 Å². The van der Waals surface area contributed by atoms with E-state index in [9.17, 15) is 4.79 Å². The van der Waals surface area contributed by atoms with Gasteiger partial charge in [0.05, 0.1) is 10.9 Å². The molecular weight excluding hydrogens is 333 g/mol. The number of aromatic nitrogens is 1. The fourth-order valence-corrected chi connectivity index (χ4v) is 3.04. The monoisotopic (exact) mass is 341 g/mol. The molecule has 1 unspecified atom stereocenters. The lowest BCUT2D eigenvalue weighted by Crippen LogP contribution is -2.08. The fourth-order valence-electron chi connectivity index (χ4n) is 2.20. The van der Waals surface area contributed by atoms with Gasteiger partial charge in [-0.25, -0.2) is 4.79 Å². The third kappa shape index (κ3) is 2.57. The van der Waals surface area contributed by atoms with E-state index in [1.165, 1.54) is 4.57 Å². The van der Waals surface area contributed by atoms with Gasteiger partial charge in [0.15, 0.2) is 5.58 Å². The topological polar surface area (TPSA) is 35.1 Å².